The first-order valence-electron chi connectivity index (χ1n) is 6.30. The minimum absolute atomic E-state index is 0.0926. The van der Waals surface area contributed by atoms with Crippen LogP contribution in [0.5, 0.6) is 0 Å². The fourth-order valence-corrected chi connectivity index (χ4v) is 4.31. The smallest absolute Gasteiger partial charge is 0.245 e. The minimum Gasteiger partial charge on any atom is -0.398 e. The lowest BCUT2D eigenvalue weighted by Gasteiger charge is -2.27. The van der Waals surface area contributed by atoms with Crippen LogP contribution < -0.4 is 5.73 Å². The van der Waals surface area contributed by atoms with Gasteiger partial charge in [-0.25, -0.2) is 8.42 Å². The molecule has 2 rings (SSSR count). The van der Waals surface area contributed by atoms with Crippen LogP contribution in [-0.2, 0) is 14.8 Å². The van der Waals surface area contributed by atoms with Crippen LogP contribution in [0.2, 0.25) is 0 Å². The van der Waals surface area contributed by atoms with Crippen molar-refractivity contribution in [1.29, 1.82) is 0 Å². The van der Waals surface area contributed by atoms with Crippen molar-refractivity contribution < 1.29 is 13.2 Å². The molecular weight excluding hydrogens is 264 g/mol. The zero-order valence-electron chi connectivity index (χ0n) is 11.5. The summed E-state index contributed by atoms with van der Waals surface area (Å²) < 4.78 is 32.2. The molecule has 0 saturated carbocycles. The topological polar surface area (TPSA) is 72.6 Å². The Bertz CT molecular complexity index is 551. The maximum atomic E-state index is 12.7. The van der Waals surface area contributed by atoms with E-state index in [0.29, 0.717) is 24.3 Å². The second-order valence-corrected chi connectivity index (χ2v) is 6.88. The van der Waals surface area contributed by atoms with Crippen LogP contribution in [-0.4, -0.2) is 38.5 Å². The molecule has 1 aliphatic rings. The highest BCUT2D eigenvalue weighted by molar-refractivity contribution is 7.89. The number of sulfonamides is 1. The van der Waals surface area contributed by atoms with Crippen molar-refractivity contribution in [2.24, 2.45) is 0 Å². The molecule has 0 aliphatic carbocycles. The van der Waals surface area contributed by atoms with E-state index in [4.69, 9.17) is 10.5 Å². The third-order valence-corrected chi connectivity index (χ3v) is 5.79. The first kappa shape index (κ1) is 14.3. The van der Waals surface area contributed by atoms with E-state index < -0.39 is 10.0 Å². The number of nitrogens with two attached hydrogens (primary N) is 1. The van der Waals surface area contributed by atoms with Gasteiger partial charge in [0.2, 0.25) is 10.0 Å². The van der Waals surface area contributed by atoms with E-state index >= 15 is 0 Å². The molecule has 1 aliphatic heterocycles. The Morgan fingerprint density at radius 1 is 1.42 bits per heavy atom. The molecular formula is C13H20N2O3S. The van der Waals surface area contributed by atoms with Gasteiger partial charge >= 0.3 is 0 Å². The molecule has 19 heavy (non-hydrogen) atoms. The van der Waals surface area contributed by atoms with Crippen LogP contribution in [0.3, 0.4) is 0 Å². The summed E-state index contributed by atoms with van der Waals surface area (Å²) in [6.45, 7) is 4.24. The number of nitrogens with zero attached hydrogens (tertiary/aromatic N) is 1. The number of rotatable bonds is 3. The molecule has 0 amide bonds. The van der Waals surface area contributed by atoms with E-state index in [-0.39, 0.29) is 17.0 Å². The maximum absolute atomic E-state index is 12.7. The van der Waals surface area contributed by atoms with Crippen LogP contribution in [0.4, 0.5) is 5.69 Å². The molecule has 0 spiro atoms. The van der Waals surface area contributed by atoms with Crippen LogP contribution in [0.15, 0.2) is 23.1 Å². The zero-order valence-corrected chi connectivity index (χ0v) is 12.3. The summed E-state index contributed by atoms with van der Waals surface area (Å²) in [5.41, 5.74) is 6.80. The summed E-state index contributed by atoms with van der Waals surface area (Å²) >= 11 is 0. The Morgan fingerprint density at radius 3 is 2.63 bits per heavy atom. The number of anilines is 1. The molecule has 0 aromatic heterocycles. The molecule has 5 nitrogen and oxygen atoms in total. The number of hydrogen-bond donors (Lipinski definition) is 1. The molecule has 2 unspecified atom stereocenters. The summed E-state index contributed by atoms with van der Waals surface area (Å²) in [6, 6.07) is 4.99. The van der Waals surface area contributed by atoms with Crippen LogP contribution >= 0.6 is 0 Å². The van der Waals surface area contributed by atoms with Crippen LogP contribution in [0, 0.1) is 6.92 Å². The minimum atomic E-state index is -3.59. The van der Waals surface area contributed by atoms with E-state index in [0.717, 1.165) is 0 Å². The fourth-order valence-electron chi connectivity index (χ4n) is 2.55. The van der Waals surface area contributed by atoms with Crippen molar-refractivity contribution in [3.05, 3.63) is 23.8 Å². The predicted molar refractivity (Wildman–Crippen MR) is 74.4 cm³/mol. The van der Waals surface area contributed by atoms with Crippen molar-refractivity contribution in [2.45, 2.75) is 37.3 Å². The van der Waals surface area contributed by atoms with E-state index in [9.17, 15) is 8.42 Å². The molecule has 1 heterocycles. The van der Waals surface area contributed by atoms with Gasteiger partial charge in [0.15, 0.2) is 0 Å². The number of nitrogen functional groups attached to an aromatic ring is 1. The normalized spacial score (nSPS) is 24.0. The van der Waals surface area contributed by atoms with Crippen LogP contribution in [0.1, 0.15) is 18.9 Å². The van der Waals surface area contributed by atoms with Gasteiger partial charge < -0.3 is 10.5 Å². The van der Waals surface area contributed by atoms with Crippen molar-refractivity contribution in [2.75, 3.05) is 19.4 Å². The Balaban J connectivity index is 2.42. The lowest BCUT2D eigenvalue weighted by Crippen LogP contribution is -2.41. The first-order valence-corrected chi connectivity index (χ1v) is 7.74. The monoisotopic (exact) mass is 284 g/mol. The highest BCUT2D eigenvalue weighted by atomic mass is 32.2. The Hall–Kier alpha value is -1.11. The number of aryl methyl sites for hydroxylation is 1. The molecule has 2 atom stereocenters. The molecule has 106 valence electrons. The Morgan fingerprint density at radius 2 is 2.11 bits per heavy atom. The summed E-state index contributed by atoms with van der Waals surface area (Å²) in [6.07, 6.45) is 0.618. The predicted octanol–water partition coefficient (Wildman–Crippen LogP) is 1.38. The molecule has 0 bridgehead atoms. The van der Waals surface area contributed by atoms with E-state index in [1.54, 1.807) is 32.2 Å². The third-order valence-electron chi connectivity index (χ3n) is 3.68. The highest BCUT2D eigenvalue weighted by Crippen LogP contribution is 2.29. The molecule has 0 radical (unpaired) electrons. The van der Waals surface area contributed by atoms with Gasteiger partial charge in [-0.3, -0.25) is 0 Å². The van der Waals surface area contributed by atoms with Crippen molar-refractivity contribution in [3.63, 3.8) is 0 Å². The average molecular weight is 284 g/mol. The molecule has 1 fully saturated rings. The number of benzene rings is 1. The summed E-state index contributed by atoms with van der Waals surface area (Å²) in [5, 5.41) is 0. The van der Waals surface area contributed by atoms with Gasteiger partial charge in [0.05, 0.1) is 17.8 Å². The number of likely N-dealkylation sites (N-methyl/N-ethyl adjacent to an activating group) is 1. The van der Waals surface area contributed by atoms with Gasteiger partial charge in [-0.2, -0.15) is 4.31 Å². The Kier molecular flexibility index (Phi) is 3.85. The fraction of sp³-hybridized carbons (Fsp3) is 0.538. The summed E-state index contributed by atoms with van der Waals surface area (Å²) in [7, 11) is -1.99. The number of ether oxygens (including phenoxy) is 1. The summed E-state index contributed by atoms with van der Waals surface area (Å²) in [5.74, 6) is 0. The second-order valence-electron chi connectivity index (χ2n) is 4.95. The molecule has 6 heteroatoms. The zero-order chi connectivity index (χ0) is 14.2. The number of hydrogen-bond acceptors (Lipinski definition) is 4. The molecule has 1 aromatic carbocycles. The third kappa shape index (κ3) is 2.48. The van der Waals surface area contributed by atoms with Gasteiger partial charge in [0.25, 0.3) is 0 Å². The lowest BCUT2D eigenvalue weighted by molar-refractivity contribution is 0.102. The highest BCUT2D eigenvalue weighted by Gasteiger charge is 2.36. The van der Waals surface area contributed by atoms with E-state index in [1.165, 1.54) is 4.31 Å². The molecule has 1 saturated heterocycles. The Labute approximate surface area is 114 Å². The summed E-state index contributed by atoms with van der Waals surface area (Å²) in [4.78, 5) is 0.205. The quantitative estimate of drug-likeness (QED) is 0.851. The molecule has 2 N–H and O–H groups in total. The van der Waals surface area contributed by atoms with E-state index in [2.05, 4.69) is 0 Å². The standard InChI is InChI=1S/C13H20N2O3S/c1-9-5-4-6-11(14)13(9)19(16,17)15(3)12-7-8-18-10(12)2/h4-6,10,12H,7-8,14H2,1-3H3. The van der Waals surface area contributed by atoms with E-state index in [1.807, 2.05) is 6.92 Å². The van der Waals surface area contributed by atoms with Gasteiger partial charge in [-0.15, -0.1) is 0 Å². The van der Waals surface area contributed by atoms with Crippen molar-refractivity contribution in [3.8, 4) is 0 Å². The van der Waals surface area contributed by atoms with Gasteiger partial charge in [0, 0.05) is 13.7 Å². The van der Waals surface area contributed by atoms with Crippen molar-refractivity contribution in [1.82, 2.24) is 4.31 Å². The molecule has 1 aromatic rings. The lowest BCUT2D eigenvalue weighted by atomic mass is 10.2. The maximum Gasteiger partial charge on any atom is 0.245 e. The largest absolute Gasteiger partial charge is 0.398 e. The SMILES string of the molecule is Cc1cccc(N)c1S(=O)(=O)N(C)C1CCOC1C. The van der Waals surface area contributed by atoms with Gasteiger partial charge in [-0.05, 0) is 31.9 Å². The second kappa shape index (κ2) is 5.11. The van der Waals surface area contributed by atoms with Gasteiger partial charge in [-0.1, -0.05) is 12.1 Å². The van der Waals surface area contributed by atoms with Crippen LogP contribution in [0.25, 0.3) is 0 Å². The van der Waals surface area contributed by atoms with Crippen molar-refractivity contribution >= 4 is 15.7 Å². The average Bonchev–Trinajstić information content (AvgIpc) is 2.73. The first-order chi connectivity index (χ1) is 8.85. The van der Waals surface area contributed by atoms with Gasteiger partial charge in [0.1, 0.15) is 4.90 Å².